The zero-order valence-corrected chi connectivity index (χ0v) is 8.19. The molecule has 0 amide bonds. The molecule has 0 aliphatic heterocycles. The maximum absolute atomic E-state index is 9.57. The van der Waals surface area contributed by atoms with Crippen molar-refractivity contribution in [3.8, 4) is 0 Å². The summed E-state index contributed by atoms with van der Waals surface area (Å²) in [4.78, 5) is 9.57. The summed E-state index contributed by atoms with van der Waals surface area (Å²) in [5.74, 6) is -0.975. The van der Waals surface area contributed by atoms with Crippen LogP contribution in [0, 0.1) is 0 Å². The summed E-state index contributed by atoms with van der Waals surface area (Å²) in [6, 6.07) is 0. The SMILES string of the molecule is C[C@@H](Cl)C(=O)O.[H-].[K+]. The Bertz CT molecular complexity index is 68.3. The molecule has 0 radical (unpaired) electrons. The van der Waals surface area contributed by atoms with Gasteiger partial charge in [-0.2, -0.15) is 0 Å². The van der Waals surface area contributed by atoms with E-state index in [4.69, 9.17) is 16.7 Å². The van der Waals surface area contributed by atoms with E-state index in [0.717, 1.165) is 0 Å². The zero-order valence-electron chi connectivity index (χ0n) is 5.31. The van der Waals surface area contributed by atoms with Gasteiger partial charge in [0.25, 0.3) is 0 Å². The summed E-state index contributed by atoms with van der Waals surface area (Å²) >= 11 is 5.01. The van der Waals surface area contributed by atoms with Gasteiger partial charge >= 0.3 is 57.4 Å². The van der Waals surface area contributed by atoms with Crippen LogP contribution in [-0.4, -0.2) is 16.5 Å². The molecule has 38 valence electrons. The van der Waals surface area contributed by atoms with Gasteiger partial charge in [-0.25, -0.2) is 0 Å². The molecule has 0 aromatic carbocycles. The van der Waals surface area contributed by atoms with Crippen LogP contribution in [0.15, 0.2) is 0 Å². The maximum Gasteiger partial charge on any atom is 1.00 e. The average Bonchev–Trinajstić information content (AvgIpc) is 1.36. The van der Waals surface area contributed by atoms with Crippen molar-refractivity contribution in [3.05, 3.63) is 0 Å². The summed E-state index contributed by atoms with van der Waals surface area (Å²) < 4.78 is 0. The summed E-state index contributed by atoms with van der Waals surface area (Å²) in [6.45, 7) is 1.41. The predicted molar refractivity (Wildman–Crippen MR) is 24.1 cm³/mol. The Morgan fingerprint density at radius 2 is 2.14 bits per heavy atom. The molecule has 1 atom stereocenters. The number of carboxylic acid groups (broad SMARTS) is 1. The minimum Gasteiger partial charge on any atom is -1.00 e. The first-order valence-corrected chi connectivity index (χ1v) is 1.95. The van der Waals surface area contributed by atoms with Gasteiger partial charge in [0.15, 0.2) is 0 Å². The summed E-state index contributed by atoms with van der Waals surface area (Å²) in [5, 5.41) is 7.10. The van der Waals surface area contributed by atoms with Crippen molar-refractivity contribution in [1.82, 2.24) is 0 Å². The average molecular weight is 149 g/mol. The number of hydrogen-bond acceptors (Lipinski definition) is 1. The minimum atomic E-state index is -0.975. The third-order valence-electron chi connectivity index (χ3n) is 0.340. The molecule has 4 heteroatoms. The third kappa shape index (κ3) is 7.40. The number of carbonyl (C=O) groups is 1. The minimum absolute atomic E-state index is 0. The van der Waals surface area contributed by atoms with Crippen LogP contribution >= 0.6 is 11.6 Å². The molecular weight excluding hydrogens is 143 g/mol. The van der Waals surface area contributed by atoms with Crippen molar-refractivity contribution in [2.75, 3.05) is 0 Å². The maximum atomic E-state index is 9.57. The van der Waals surface area contributed by atoms with Crippen molar-refractivity contribution in [2.24, 2.45) is 0 Å². The van der Waals surface area contributed by atoms with E-state index in [2.05, 4.69) is 0 Å². The number of rotatable bonds is 1. The first-order valence-electron chi connectivity index (χ1n) is 1.51. The Hall–Kier alpha value is 1.40. The zero-order chi connectivity index (χ0) is 5.15. The van der Waals surface area contributed by atoms with Crippen LogP contribution < -0.4 is 51.4 Å². The quantitative estimate of drug-likeness (QED) is 0.339. The van der Waals surface area contributed by atoms with Crippen LogP contribution in [0.25, 0.3) is 0 Å². The third-order valence-corrected chi connectivity index (χ3v) is 0.527. The summed E-state index contributed by atoms with van der Waals surface area (Å²) in [7, 11) is 0. The Kier molecular flexibility index (Phi) is 8.87. The monoisotopic (exact) mass is 148 g/mol. The molecule has 0 heterocycles. The van der Waals surface area contributed by atoms with Crippen molar-refractivity contribution in [3.63, 3.8) is 0 Å². The van der Waals surface area contributed by atoms with Gasteiger partial charge in [0.1, 0.15) is 5.38 Å². The molecular formula is C3H6ClKO2. The smallest absolute Gasteiger partial charge is 1.00 e. The number of alkyl halides is 1. The molecule has 0 aromatic heterocycles. The van der Waals surface area contributed by atoms with Gasteiger partial charge in [-0.15, -0.1) is 11.6 Å². The fourth-order valence-electron chi connectivity index (χ4n) is 0. The van der Waals surface area contributed by atoms with Crippen molar-refractivity contribution in [2.45, 2.75) is 12.3 Å². The van der Waals surface area contributed by atoms with Crippen LogP contribution in [0.2, 0.25) is 0 Å². The van der Waals surface area contributed by atoms with Gasteiger partial charge in [-0.05, 0) is 6.92 Å². The van der Waals surface area contributed by atoms with Crippen LogP contribution in [0.1, 0.15) is 8.35 Å². The molecule has 0 fully saturated rings. The molecule has 0 aliphatic rings. The Morgan fingerprint density at radius 1 is 2.00 bits per heavy atom. The Balaban J connectivity index is -0.000000125. The second-order valence-corrected chi connectivity index (χ2v) is 1.61. The van der Waals surface area contributed by atoms with Crippen molar-refractivity contribution < 1.29 is 62.7 Å². The van der Waals surface area contributed by atoms with E-state index < -0.39 is 11.3 Å². The van der Waals surface area contributed by atoms with Gasteiger partial charge in [-0.3, -0.25) is 4.79 Å². The van der Waals surface area contributed by atoms with Crippen molar-refractivity contribution >= 4 is 17.6 Å². The fourth-order valence-corrected chi connectivity index (χ4v) is 0. The van der Waals surface area contributed by atoms with Gasteiger partial charge < -0.3 is 6.53 Å². The second-order valence-electron chi connectivity index (χ2n) is 0.954. The first kappa shape index (κ1) is 11.2. The van der Waals surface area contributed by atoms with E-state index in [0.29, 0.717) is 0 Å². The van der Waals surface area contributed by atoms with E-state index in [1.807, 2.05) is 0 Å². The molecule has 7 heavy (non-hydrogen) atoms. The van der Waals surface area contributed by atoms with Gasteiger partial charge in [0, 0.05) is 0 Å². The number of hydrogen-bond donors (Lipinski definition) is 1. The molecule has 0 unspecified atom stereocenters. The molecule has 0 spiro atoms. The van der Waals surface area contributed by atoms with E-state index >= 15 is 0 Å². The van der Waals surface area contributed by atoms with Crippen LogP contribution in [0.4, 0.5) is 0 Å². The largest absolute Gasteiger partial charge is 1.00 e. The first-order chi connectivity index (χ1) is 2.64. The molecule has 2 nitrogen and oxygen atoms in total. The number of carboxylic acids is 1. The molecule has 1 N–H and O–H groups in total. The van der Waals surface area contributed by atoms with Gasteiger partial charge in [0.05, 0.1) is 0 Å². The van der Waals surface area contributed by atoms with E-state index in [-0.39, 0.29) is 52.8 Å². The number of aliphatic carboxylic acids is 1. The van der Waals surface area contributed by atoms with E-state index in [1.165, 1.54) is 6.92 Å². The fraction of sp³-hybridized carbons (Fsp3) is 0.667. The van der Waals surface area contributed by atoms with E-state index in [9.17, 15) is 4.79 Å². The molecule has 0 saturated heterocycles. The molecule has 0 saturated carbocycles. The molecule has 0 rings (SSSR count). The molecule has 0 aliphatic carbocycles. The number of halogens is 1. The van der Waals surface area contributed by atoms with E-state index in [1.54, 1.807) is 0 Å². The van der Waals surface area contributed by atoms with Crippen LogP contribution in [-0.2, 0) is 4.79 Å². The molecule has 0 aromatic rings. The Labute approximate surface area is 91.1 Å². The predicted octanol–water partition coefficient (Wildman–Crippen LogP) is -2.19. The summed E-state index contributed by atoms with van der Waals surface area (Å²) in [6.07, 6.45) is 0. The van der Waals surface area contributed by atoms with Gasteiger partial charge in [-0.1, -0.05) is 0 Å². The van der Waals surface area contributed by atoms with Gasteiger partial charge in [0.2, 0.25) is 0 Å². The normalized spacial score (nSPS) is 11.7. The standard InChI is InChI=1S/C3H5ClO2.K.H/c1-2(4)3(5)6;;/h2H,1H3,(H,5,6);;/q;+1;-1/t2-;;/m1../s1. The Morgan fingerprint density at radius 3 is 2.14 bits per heavy atom. The topological polar surface area (TPSA) is 37.3 Å². The van der Waals surface area contributed by atoms with Crippen LogP contribution in [0.3, 0.4) is 0 Å². The molecule has 0 bridgehead atoms. The second kappa shape index (κ2) is 5.53. The van der Waals surface area contributed by atoms with Crippen molar-refractivity contribution in [1.29, 1.82) is 0 Å². The summed E-state index contributed by atoms with van der Waals surface area (Å²) in [5.41, 5.74) is 0. The van der Waals surface area contributed by atoms with Crippen LogP contribution in [0.5, 0.6) is 0 Å².